The van der Waals surface area contributed by atoms with Crippen LogP contribution in [0.5, 0.6) is 0 Å². The summed E-state index contributed by atoms with van der Waals surface area (Å²) in [6.45, 7) is 7.54. The van der Waals surface area contributed by atoms with Gasteiger partial charge in [0, 0.05) is 26.1 Å². The topological polar surface area (TPSA) is 86.8 Å². The minimum Gasteiger partial charge on any atom is -0.352 e. The Hall–Kier alpha value is -3.49. The molecule has 2 unspecified atom stereocenters. The van der Waals surface area contributed by atoms with Crippen LogP contribution >= 0.6 is 0 Å². The van der Waals surface area contributed by atoms with Crippen molar-refractivity contribution < 1.29 is 18.0 Å². The zero-order valence-electron chi connectivity index (χ0n) is 23.4. The van der Waals surface area contributed by atoms with E-state index in [4.69, 9.17) is 0 Å². The van der Waals surface area contributed by atoms with Crippen LogP contribution in [0.25, 0.3) is 0 Å². The van der Waals surface area contributed by atoms with Gasteiger partial charge in [0.05, 0.1) is 11.4 Å². The van der Waals surface area contributed by atoms with E-state index in [2.05, 4.69) is 5.32 Å². The lowest BCUT2D eigenvalue weighted by molar-refractivity contribution is -0.141. The number of aryl methyl sites for hydroxylation is 2. The molecule has 0 aromatic heterocycles. The van der Waals surface area contributed by atoms with Crippen molar-refractivity contribution in [1.29, 1.82) is 0 Å². The molecule has 0 aliphatic heterocycles. The lowest BCUT2D eigenvalue weighted by Gasteiger charge is -2.33. The van der Waals surface area contributed by atoms with Crippen LogP contribution in [0.2, 0.25) is 0 Å². The normalized spacial score (nSPS) is 13.1. The highest BCUT2D eigenvalue weighted by Crippen LogP contribution is 2.19. The van der Waals surface area contributed by atoms with Crippen molar-refractivity contribution in [3.63, 3.8) is 0 Å². The van der Waals surface area contributed by atoms with Crippen molar-refractivity contribution in [1.82, 2.24) is 14.5 Å². The molecule has 0 aliphatic carbocycles. The van der Waals surface area contributed by atoms with Gasteiger partial charge in [-0.2, -0.15) is 4.31 Å². The zero-order valence-corrected chi connectivity index (χ0v) is 24.2. The number of nitrogens with zero attached hydrogens (tertiary/aromatic N) is 2. The molecule has 3 aromatic rings. The molecule has 0 bridgehead atoms. The smallest absolute Gasteiger partial charge is 0.243 e. The molecule has 8 heteroatoms. The zero-order chi connectivity index (χ0) is 28.6. The minimum absolute atomic E-state index is 0.0725. The summed E-state index contributed by atoms with van der Waals surface area (Å²) in [5, 5.41) is 3.03. The van der Waals surface area contributed by atoms with Gasteiger partial charge >= 0.3 is 0 Å². The summed E-state index contributed by atoms with van der Waals surface area (Å²) in [7, 11) is -2.51. The van der Waals surface area contributed by atoms with Crippen molar-refractivity contribution in [2.24, 2.45) is 0 Å². The van der Waals surface area contributed by atoms with E-state index in [-0.39, 0.29) is 23.4 Å². The number of hydrogen-bond acceptors (Lipinski definition) is 4. The number of carbonyl (C=O) groups is 2. The Morgan fingerprint density at radius 3 is 1.97 bits per heavy atom. The highest BCUT2D eigenvalue weighted by atomic mass is 32.2. The largest absolute Gasteiger partial charge is 0.352 e. The number of carbonyl (C=O) groups excluding carboxylic acids is 2. The van der Waals surface area contributed by atoms with Crippen LogP contribution in [-0.2, 0) is 32.6 Å². The average molecular weight is 550 g/mol. The standard InChI is InChI=1S/C31H39N3O4S/c1-6-25(4)32-31(36)29(20-26-10-8-7-9-11-26)34(21-27-16-12-23(2)13-17-27)30(35)22-33(5)39(37,38)28-18-14-24(3)15-19-28/h7-19,25,29H,6,20-22H2,1-5H3,(H,32,36). The molecule has 7 nitrogen and oxygen atoms in total. The molecular weight excluding hydrogens is 510 g/mol. The Morgan fingerprint density at radius 1 is 0.846 bits per heavy atom. The number of benzene rings is 3. The number of rotatable bonds is 12. The summed E-state index contributed by atoms with van der Waals surface area (Å²) in [4.78, 5) is 29.1. The second-order valence-corrected chi connectivity index (χ2v) is 12.1. The number of nitrogens with one attached hydrogen (secondary N) is 1. The molecule has 2 atom stereocenters. The SMILES string of the molecule is CCC(C)NC(=O)C(Cc1ccccc1)N(Cc1ccc(C)cc1)C(=O)CN(C)S(=O)(=O)c1ccc(C)cc1. The van der Waals surface area contributed by atoms with Crippen molar-refractivity contribution in [3.8, 4) is 0 Å². The molecule has 0 heterocycles. The van der Waals surface area contributed by atoms with Gasteiger partial charge in [-0.05, 0) is 50.5 Å². The molecule has 2 amide bonds. The summed E-state index contributed by atoms with van der Waals surface area (Å²) in [6.07, 6.45) is 1.04. The van der Waals surface area contributed by atoms with Gasteiger partial charge in [-0.15, -0.1) is 0 Å². The molecule has 208 valence electrons. The summed E-state index contributed by atoms with van der Waals surface area (Å²) in [6, 6.07) is 22.9. The first-order valence-corrected chi connectivity index (χ1v) is 14.7. The van der Waals surface area contributed by atoms with Crippen molar-refractivity contribution >= 4 is 21.8 Å². The van der Waals surface area contributed by atoms with E-state index >= 15 is 0 Å². The lowest BCUT2D eigenvalue weighted by atomic mass is 10.0. The molecule has 0 aliphatic rings. The second kappa shape index (κ2) is 13.5. The third kappa shape index (κ3) is 8.25. The Balaban J connectivity index is 1.97. The Bertz CT molecular complexity index is 1340. The van der Waals surface area contributed by atoms with E-state index in [9.17, 15) is 18.0 Å². The molecule has 0 fully saturated rings. The van der Waals surface area contributed by atoms with Crippen LogP contribution < -0.4 is 5.32 Å². The third-order valence-corrected chi connectivity index (χ3v) is 8.65. The Kier molecular flexibility index (Phi) is 10.4. The molecule has 3 rings (SSSR count). The summed E-state index contributed by atoms with van der Waals surface area (Å²) in [5.74, 6) is -0.716. The van der Waals surface area contributed by atoms with E-state index < -0.39 is 28.5 Å². The van der Waals surface area contributed by atoms with Crippen molar-refractivity contribution in [2.75, 3.05) is 13.6 Å². The monoisotopic (exact) mass is 549 g/mol. The lowest BCUT2D eigenvalue weighted by Crippen LogP contribution is -2.54. The maximum absolute atomic E-state index is 13.9. The number of likely N-dealkylation sites (N-methyl/N-ethyl adjacent to an activating group) is 1. The van der Waals surface area contributed by atoms with Gasteiger partial charge in [0.15, 0.2) is 0 Å². The molecule has 0 radical (unpaired) electrons. The second-order valence-electron chi connectivity index (χ2n) is 10.1. The maximum Gasteiger partial charge on any atom is 0.243 e. The fourth-order valence-corrected chi connectivity index (χ4v) is 5.26. The fraction of sp³-hybridized carbons (Fsp3) is 0.355. The Labute approximate surface area is 232 Å². The molecule has 0 saturated heterocycles. The molecule has 1 N–H and O–H groups in total. The van der Waals surface area contributed by atoms with Gasteiger partial charge in [0.2, 0.25) is 21.8 Å². The number of sulfonamides is 1. The average Bonchev–Trinajstić information content (AvgIpc) is 2.92. The van der Waals surface area contributed by atoms with E-state index in [1.807, 2.05) is 82.3 Å². The van der Waals surface area contributed by atoms with E-state index in [1.165, 1.54) is 24.1 Å². The summed E-state index contributed by atoms with van der Waals surface area (Å²) >= 11 is 0. The van der Waals surface area contributed by atoms with Crippen LogP contribution in [0.1, 0.15) is 42.5 Å². The number of hydrogen-bond donors (Lipinski definition) is 1. The van der Waals surface area contributed by atoms with Crippen molar-refractivity contribution in [2.45, 2.75) is 64.1 Å². The minimum atomic E-state index is -3.91. The first kappa shape index (κ1) is 30.1. The maximum atomic E-state index is 13.9. The molecule has 0 saturated carbocycles. The van der Waals surface area contributed by atoms with E-state index in [1.54, 1.807) is 12.1 Å². The summed E-state index contributed by atoms with van der Waals surface area (Å²) in [5.41, 5.74) is 3.78. The Morgan fingerprint density at radius 2 is 1.41 bits per heavy atom. The first-order chi connectivity index (χ1) is 18.5. The van der Waals surface area contributed by atoms with Gasteiger partial charge in [0.25, 0.3) is 0 Å². The number of amides is 2. The molecule has 39 heavy (non-hydrogen) atoms. The third-order valence-electron chi connectivity index (χ3n) is 6.83. The van der Waals surface area contributed by atoms with Crippen LogP contribution in [0.3, 0.4) is 0 Å². The van der Waals surface area contributed by atoms with Gasteiger partial charge < -0.3 is 10.2 Å². The first-order valence-electron chi connectivity index (χ1n) is 13.2. The molecular formula is C31H39N3O4S. The van der Waals surface area contributed by atoms with Gasteiger partial charge in [-0.1, -0.05) is 84.8 Å². The highest BCUT2D eigenvalue weighted by molar-refractivity contribution is 7.89. The quantitative estimate of drug-likeness (QED) is 0.361. The predicted molar refractivity (Wildman–Crippen MR) is 155 cm³/mol. The molecule has 3 aromatic carbocycles. The van der Waals surface area contributed by atoms with E-state index in [0.29, 0.717) is 6.42 Å². The highest BCUT2D eigenvalue weighted by Gasteiger charge is 2.33. The van der Waals surface area contributed by atoms with Crippen LogP contribution in [0.15, 0.2) is 83.8 Å². The molecule has 0 spiro atoms. The predicted octanol–water partition coefficient (Wildman–Crippen LogP) is 4.48. The fourth-order valence-electron chi connectivity index (χ4n) is 4.14. The summed E-state index contributed by atoms with van der Waals surface area (Å²) < 4.78 is 27.6. The van der Waals surface area contributed by atoms with Crippen LogP contribution in [0, 0.1) is 13.8 Å². The van der Waals surface area contributed by atoms with Crippen molar-refractivity contribution in [3.05, 3.63) is 101 Å². The van der Waals surface area contributed by atoms with Crippen LogP contribution in [0.4, 0.5) is 0 Å². The van der Waals surface area contributed by atoms with Gasteiger partial charge in [0.1, 0.15) is 6.04 Å². The van der Waals surface area contributed by atoms with E-state index in [0.717, 1.165) is 33.0 Å². The van der Waals surface area contributed by atoms with Crippen LogP contribution in [-0.4, -0.2) is 55.1 Å². The van der Waals surface area contributed by atoms with Gasteiger partial charge in [-0.3, -0.25) is 9.59 Å². The van der Waals surface area contributed by atoms with Gasteiger partial charge in [-0.25, -0.2) is 8.42 Å².